The van der Waals surface area contributed by atoms with Crippen LogP contribution >= 0.6 is 11.6 Å². The summed E-state index contributed by atoms with van der Waals surface area (Å²) in [5.74, 6) is -1.34. The Morgan fingerprint density at radius 1 is 1.10 bits per heavy atom. The second-order valence-corrected chi connectivity index (χ2v) is 7.48. The molecular formula is C24H19ClN2O4. The maximum absolute atomic E-state index is 13.1. The highest BCUT2D eigenvalue weighted by Gasteiger charge is 2.46. The van der Waals surface area contributed by atoms with E-state index in [9.17, 15) is 14.7 Å². The van der Waals surface area contributed by atoms with Gasteiger partial charge in [-0.2, -0.15) is 0 Å². The minimum Gasteiger partial charge on any atom is -0.507 e. The Balaban J connectivity index is 1.89. The number of hydrogen-bond donors (Lipinski definition) is 1. The maximum atomic E-state index is 13.1. The van der Waals surface area contributed by atoms with Crippen LogP contribution in [0.2, 0.25) is 5.02 Å². The van der Waals surface area contributed by atoms with Crippen LogP contribution in [0.25, 0.3) is 5.76 Å². The van der Waals surface area contributed by atoms with Gasteiger partial charge in [-0.05, 0) is 41.5 Å². The lowest BCUT2D eigenvalue weighted by Gasteiger charge is -2.25. The zero-order chi connectivity index (χ0) is 22.0. The van der Waals surface area contributed by atoms with Crippen molar-refractivity contribution in [1.29, 1.82) is 0 Å². The number of ketones is 1. The predicted molar refractivity (Wildman–Crippen MR) is 117 cm³/mol. The van der Waals surface area contributed by atoms with Gasteiger partial charge in [-0.3, -0.25) is 14.6 Å². The van der Waals surface area contributed by atoms with Crippen LogP contribution in [0.15, 0.2) is 78.6 Å². The summed E-state index contributed by atoms with van der Waals surface area (Å²) in [6.07, 6.45) is 3.27. The number of rotatable bonds is 5. The van der Waals surface area contributed by atoms with Crippen LogP contribution in [0.5, 0.6) is 5.75 Å². The monoisotopic (exact) mass is 434 g/mol. The summed E-state index contributed by atoms with van der Waals surface area (Å²) in [7, 11) is 1.48. The van der Waals surface area contributed by atoms with Gasteiger partial charge in [-0.25, -0.2) is 0 Å². The highest BCUT2D eigenvalue weighted by molar-refractivity contribution is 6.46. The van der Waals surface area contributed by atoms with Gasteiger partial charge >= 0.3 is 0 Å². The van der Waals surface area contributed by atoms with Crippen molar-refractivity contribution < 1.29 is 19.4 Å². The zero-order valence-corrected chi connectivity index (χ0v) is 17.4. The molecular weight excluding hydrogens is 416 g/mol. The van der Waals surface area contributed by atoms with E-state index < -0.39 is 17.7 Å². The lowest BCUT2D eigenvalue weighted by atomic mass is 9.95. The molecule has 1 N–H and O–H groups in total. The van der Waals surface area contributed by atoms with Crippen molar-refractivity contribution in [3.63, 3.8) is 0 Å². The van der Waals surface area contributed by atoms with Crippen LogP contribution in [-0.2, 0) is 16.1 Å². The van der Waals surface area contributed by atoms with E-state index >= 15 is 0 Å². The molecule has 156 valence electrons. The molecule has 1 amide bonds. The summed E-state index contributed by atoms with van der Waals surface area (Å²) in [4.78, 5) is 31.6. The van der Waals surface area contributed by atoms with Crippen LogP contribution in [0.4, 0.5) is 0 Å². The molecule has 1 atom stereocenters. The number of nitrogens with zero attached hydrogens (tertiary/aromatic N) is 2. The first-order valence-electron chi connectivity index (χ1n) is 9.57. The summed E-state index contributed by atoms with van der Waals surface area (Å²) in [6, 6.07) is 16.4. The normalized spacial score (nSPS) is 17.7. The second-order valence-electron chi connectivity index (χ2n) is 7.04. The molecule has 1 fully saturated rings. The van der Waals surface area contributed by atoms with Crippen LogP contribution < -0.4 is 4.74 Å². The van der Waals surface area contributed by atoms with E-state index in [0.717, 1.165) is 5.56 Å². The number of hydrogen-bond acceptors (Lipinski definition) is 5. The Labute approximate surface area is 184 Å². The van der Waals surface area contributed by atoms with Gasteiger partial charge in [0, 0.05) is 24.0 Å². The lowest BCUT2D eigenvalue weighted by molar-refractivity contribution is -0.140. The maximum Gasteiger partial charge on any atom is 0.295 e. The van der Waals surface area contributed by atoms with E-state index in [2.05, 4.69) is 4.98 Å². The molecule has 1 aromatic heterocycles. The minimum atomic E-state index is -0.789. The van der Waals surface area contributed by atoms with E-state index in [1.807, 2.05) is 6.07 Å². The molecule has 6 nitrogen and oxygen atoms in total. The molecule has 31 heavy (non-hydrogen) atoms. The van der Waals surface area contributed by atoms with Crippen molar-refractivity contribution in [2.45, 2.75) is 12.6 Å². The third-order valence-electron chi connectivity index (χ3n) is 5.16. The zero-order valence-electron chi connectivity index (χ0n) is 16.7. The third-order valence-corrected chi connectivity index (χ3v) is 5.42. The van der Waals surface area contributed by atoms with Crippen molar-refractivity contribution in [1.82, 2.24) is 9.88 Å². The molecule has 4 rings (SSSR count). The largest absolute Gasteiger partial charge is 0.507 e. The molecule has 7 heteroatoms. The number of Topliss-reactive ketones (excluding diaryl/α,β-unsaturated/α-hetero) is 1. The second kappa shape index (κ2) is 8.62. The van der Waals surface area contributed by atoms with Gasteiger partial charge in [0.1, 0.15) is 11.5 Å². The summed E-state index contributed by atoms with van der Waals surface area (Å²) < 4.78 is 5.34. The molecule has 0 aliphatic carbocycles. The highest BCUT2D eigenvalue weighted by Crippen LogP contribution is 2.41. The predicted octanol–water partition coefficient (Wildman–Crippen LogP) is 4.37. The number of carbonyl (C=O) groups is 2. The molecule has 2 heterocycles. The van der Waals surface area contributed by atoms with Gasteiger partial charge in [-0.15, -0.1) is 0 Å². The third kappa shape index (κ3) is 3.90. The number of likely N-dealkylation sites (tertiary alicyclic amines) is 1. The number of ether oxygens (including phenoxy) is 1. The summed E-state index contributed by atoms with van der Waals surface area (Å²) in [6.45, 7) is 0.161. The number of aliphatic hydroxyl groups excluding tert-OH is 1. The van der Waals surface area contributed by atoms with E-state index in [4.69, 9.17) is 16.3 Å². The molecule has 1 saturated heterocycles. The van der Waals surface area contributed by atoms with Crippen LogP contribution in [0, 0.1) is 0 Å². The lowest BCUT2D eigenvalue weighted by Crippen LogP contribution is -2.29. The first-order chi connectivity index (χ1) is 15.0. The topological polar surface area (TPSA) is 79.7 Å². The fourth-order valence-electron chi connectivity index (χ4n) is 3.71. The number of methoxy groups -OCH3 is 1. The molecule has 2 aromatic carbocycles. The summed E-state index contributed by atoms with van der Waals surface area (Å²) in [5, 5.41) is 11.7. The number of benzene rings is 2. The Kier molecular flexibility index (Phi) is 5.73. The van der Waals surface area contributed by atoms with Crippen LogP contribution in [0.3, 0.4) is 0 Å². The Morgan fingerprint density at radius 2 is 1.84 bits per heavy atom. The van der Waals surface area contributed by atoms with Crippen LogP contribution in [-0.4, -0.2) is 33.8 Å². The number of carbonyl (C=O) groups excluding carboxylic acids is 2. The average Bonchev–Trinajstić information content (AvgIpc) is 3.04. The molecule has 3 aromatic rings. The van der Waals surface area contributed by atoms with Crippen molar-refractivity contribution >= 4 is 29.1 Å². The smallest absolute Gasteiger partial charge is 0.295 e. The molecule has 0 bridgehead atoms. The molecule has 0 spiro atoms. The van der Waals surface area contributed by atoms with Gasteiger partial charge in [0.05, 0.1) is 24.3 Å². The van der Waals surface area contributed by atoms with Gasteiger partial charge in [0.15, 0.2) is 0 Å². The van der Waals surface area contributed by atoms with E-state index in [1.54, 1.807) is 67.0 Å². The first kappa shape index (κ1) is 20.6. The van der Waals surface area contributed by atoms with Crippen LogP contribution in [0.1, 0.15) is 22.7 Å². The number of aliphatic hydroxyl groups is 1. The summed E-state index contributed by atoms with van der Waals surface area (Å²) >= 11 is 6.04. The van der Waals surface area contributed by atoms with Gasteiger partial charge in [-0.1, -0.05) is 41.9 Å². The van der Waals surface area contributed by atoms with E-state index in [1.165, 1.54) is 12.0 Å². The number of pyridine rings is 1. The standard InChI is InChI=1S/C24H19ClN2O4/c1-31-19-7-3-2-6-18(19)22(28)20-21(16-8-10-17(25)11-9-16)27(24(30)23(20)29)14-15-5-4-12-26-13-15/h2-13,21,28H,14H2,1H3/b22-20-. The van der Waals surface area contributed by atoms with Crippen molar-refractivity contribution in [2.24, 2.45) is 0 Å². The quantitative estimate of drug-likeness (QED) is 0.366. The number of amides is 1. The molecule has 1 aliphatic heterocycles. The molecule has 1 unspecified atom stereocenters. The highest BCUT2D eigenvalue weighted by atomic mass is 35.5. The van der Waals surface area contributed by atoms with Gasteiger partial charge in [0.2, 0.25) is 0 Å². The molecule has 0 radical (unpaired) electrons. The van der Waals surface area contributed by atoms with E-state index in [0.29, 0.717) is 21.9 Å². The van der Waals surface area contributed by atoms with E-state index in [-0.39, 0.29) is 17.9 Å². The van der Waals surface area contributed by atoms with Crippen molar-refractivity contribution in [3.8, 4) is 5.75 Å². The molecule has 1 aliphatic rings. The van der Waals surface area contributed by atoms with Gasteiger partial charge < -0.3 is 14.7 Å². The van der Waals surface area contributed by atoms with Crippen molar-refractivity contribution in [3.05, 3.63) is 100 Å². The van der Waals surface area contributed by atoms with Gasteiger partial charge in [0.25, 0.3) is 11.7 Å². The Hall–Kier alpha value is -3.64. The van der Waals surface area contributed by atoms with Crippen molar-refractivity contribution in [2.75, 3.05) is 7.11 Å². The number of para-hydroxylation sites is 1. The Morgan fingerprint density at radius 3 is 2.52 bits per heavy atom. The fraction of sp³-hybridized carbons (Fsp3) is 0.125. The first-order valence-corrected chi connectivity index (χ1v) is 9.95. The number of halogens is 1. The summed E-state index contributed by atoms with van der Waals surface area (Å²) in [5.41, 5.74) is 1.76. The number of aromatic nitrogens is 1. The minimum absolute atomic E-state index is 0.000660. The fourth-order valence-corrected chi connectivity index (χ4v) is 3.83. The molecule has 0 saturated carbocycles. The average molecular weight is 435 g/mol. The Bertz CT molecular complexity index is 1160. The SMILES string of the molecule is COc1ccccc1/C(O)=C1/C(=O)C(=O)N(Cc2cccnc2)C1c1ccc(Cl)cc1.